The van der Waals surface area contributed by atoms with Gasteiger partial charge >= 0.3 is 0 Å². The highest BCUT2D eigenvalue weighted by molar-refractivity contribution is 7.86. The van der Waals surface area contributed by atoms with Gasteiger partial charge in [-0.1, -0.05) is 36.2 Å². The lowest BCUT2D eigenvalue weighted by atomic mass is 9.77. The Balaban J connectivity index is 0.829. The van der Waals surface area contributed by atoms with Crippen LogP contribution in [0.15, 0.2) is 87.4 Å². The molecule has 1 amide bonds. The quantitative estimate of drug-likeness (QED) is 0.00605. The normalized spacial score (nSPS) is 14.9. The molecule has 0 radical (unpaired) electrons. The number of thiol groups is 2. The van der Waals surface area contributed by atoms with Crippen molar-refractivity contribution in [1.29, 1.82) is 0 Å². The third-order valence-corrected chi connectivity index (χ3v) is 21.3. The van der Waals surface area contributed by atoms with Crippen LogP contribution < -0.4 is 10.2 Å². The van der Waals surface area contributed by atoms with E-state index in [0.29, 0.717) is 369 Å². The zero-order chi connectivity index (χ0) is 90.6. The van der Waals surface area contributed by atoms with Crippen molar-refractivity contribution in [3.05, 3.63) is 94.0 Å². The summed E-state index contributed by atoms with van der Waals surface area (Å²) in [4.78, 5) is 19.4. The molecule has 2 aliphatic rings. The summed E-state index contributed by atoms with van der Waals surface area (Å²) in [5.41, 5.74) is 13.7. The number of allylic oxidation sites excluding steroid dienone is 6. The van der Waals surface area contributed by atoms with Gasteiger partial charge in [-0.05, 0) is 100 Å². The zero-order valence-electron chi connectivity index (χ0n) is 74.8. The second-order valence-corrected chi connectivity index (χ2v) is 33.5. The maximum Gasteiger partial charge on any atom is 0.264 e. The van der Waals surface area contributed by atoms with Crippen molar-refractivity contribution >= 4 is 68.5 Å². The highest BCUT2D eigenvalue weighted by Crippen LogP contribution is 2.51. The molecular formula is C86H147N6O30S4+. The van der Waals surface area contributed by atoms with Gasteiger partial charge in [-0.2, -0.15) is 21.4 Å². The number of nitrogens with zero attached hydrogens (tertiary/aromatic N) is 5. The Morgan fingerprint density at radius 3 is 1.12 bits per heavy atom. The summed E-state index contributed by atoms with van der Waals surface area (Å²) in [6, 6.07) is 12.2. The monoisotopic (exact) mass is 1870 g/mol. The Hall–Kier alpha value is -4.49. The lowest BCUT2D eigenvalue weighted by molar-refractivity contribution is -0.438. The number of rotatable bonds is 91. The Kier molecular flexibility index (Phi) is 68.6. The molecule has 0 saturated carbocycles. The number of azide groups is 1. The van der Waals surface area contributed by atoms with E-state index < -0.39 is 25.7 Å². The molecule has 1 unspecified atom stereocenters. The summed E-state index contributed by atoms with van der Waals surface area (Å²) in [6.45, 7) is 29.2. The first-order valence-corrected chi connectivity index (χ1v) is 48.1. The average molecular weight is 1870 g/mol. The molecule has 0 fully saturated rings. The van der Waals surface area contributed by atoms with E-state index in [1.807, 2.05) is 36.4 Å². The van der Waals surface area contributed by atoms with Crippen molar-refractivity contribution in [2.45, 2.75) is 99.2 Å². The van der Waals surface area contributed by atoms with Gasteiger partial charge in [0.15, 0.2) is 5.71 Å². The number of nitrogens with one attached hydrogen (secondary N) is 1. The van der Waals surface area contributed by atoms with Crippen molar-refractivity contribution in [3.8, 4) is 0 Å². The van der Waals surface area contributed by atoms with Crippen LogP contribution in [0.2, 0.25) is 0 Å². The SMILES string of the molecule is CC1(C)C(C=CC=CC=C2N(CCCCS(=O)(=O)O)c3ccc(S)cc3C2(C)CCCCCC(=O)NCCOCCOCCOCCOCCOCCOCCOCCOCCOCCOCCOCCOCCOCCOCCOCCOCCOCCOCCOCCOCCOCCOCCOCCN=[N+]=[N-])=[N+](CCCCS(=O)(=O)O)c2ccc(S)cc21. The number of benzene rings is 2. The number of amides is 1. The van der Waals surface area contributed by atoms with Gasteiger partial charge in [0.25, 0.3) is 20.2 Å². The minimum absolute atomic E-state index is 0.0383. The molecule has 0 saturated heterocycles. The molecule has 0 aromatic heterocycles. The first-order valence-electron chi connectivity index (χ1n) is 44.0. The van der Waals surface area contributed by atoms with Crippen molar-refractivity contribution in [3.63, 3.8) is 0 Å². The number of unbranched alkanes of at least 4 members (excludes halogenated alkanes) is 4. The Labute approximate surface area is 758 Å². The summed E-state index contributed by atoms with van der Waals surface area (Å²) in [5.74, 6) is -0.662. The maximum atomic E-state index is 12.9. The van der Waals surface area contributed by atoms with Crippen LogP contribution in [0.3, 0.4) is 0 Å². The predicted molar refractivity (Wildman–Crippen MR) is 482 cm³/mol. The van der Waals surface area contributed by atoms with Crippen LogP contribution in [0.25, 0.3) is 10.4 Å². The average Bonchev–Trinajstić information content (AvgIpc) is 1.59. The number of fused-ring (bicyclic) bond motifs is 2. The number of carbonyl (C=O) groups is 1. The van der Waals surface area contributed by atoms with Crippen molar-refractivity contribution in [2.24, 2.45) is 5.11 Å². The smallest absolute Gasteiger partial charge is 0.264 e. The molecule has 724 valence electrons. The highest BCUT2D eigenvalue weighted by atomic mass is 32.2. The summed E-state index contributed by atoms with van der Waals surface area (Å²) in [7, 11) is -8.18. The number of carbonyl (C=O) groups excluding carboxylic acids is 1. The van der Waals surface area contributed by atoms with E-state index in [9.17, 15) is 30.7 Å². The zero-order valence-corrected chi connectivity index (χ0v) is 78.2. The first kappa shape index (κ1) is 114. The van der Waals surface area contributed by atoms with E-state index in [4.69, 9.17) is 127 Å². The lowest BCUT2D eigenvalue weighted by Gasteiger charge is -2.30. The highest BCUT2D eigenvalue weighted by Gasteiger charge is 2.45. The fraction of sp³-hybridized carbons (Fsp3) is 0.767. The van der Waals surface area contributed by atoms with Gasteiger partial charge < -0.3 is 119 Å². The van der Waals surface area contributed by atoms with Crippen LogP contribution in [-0.2, 0) is 145 Å². The van der Waals surface area contributed by atoms with Crippen molar-refractivity contribution < 1.29 is 144 Å². The third kappa shape index (κ3) is 58.4. The molecule has 0 aliphatic carbocycles. The van der Waals surface area contributed by atoms with Gasteiger partial charge in [0, 0.05) is 81.7 Å². The van der Waals surface area contributed by atoms with Gasteiger partial charge in [-0.3, -0.25) is 13.9 Å². The van der Waals surface area contributed by atoms with Crippen LogP contribution in [-0.4, -0.2) is 384 Å². The molecule has 40 heteroatoms. The van der Waals surface area contributed by atoms with E-state index in [0.717, 1.165) is 63.0 Å². The first-order chi connectivity index (χ1) is 61.4. The summed E-state index contributed by atoms with van der Waals surface area (Å²) < 4.78 is 195. The van der Waals surface area contributed by atoms with Crippen LogP contribution in [0.1, 0.15) is 89.7 Å². The number of hydrogen-bond donors (Lipinski definition) is 5. The lowest BCUT2D eigenvalue weighted by Crippen LogP contribution is -2.29. The van der Waals surface area contributed by atoms with Crippen LogP contribution in [0.4, 0.5) is 11.4 Å². The number of hydrogen-bond acceptors (Lipinski definition) is 32. The second kappa shape index (κ2) is 76.0. The minimum atomic E-state index is -4.11. The van der Waals surface area contributed by atoms with E-state index in [1.54, 1.807) is 0 Å². The van der Waals surface area contributed by atoms with Gasteiger partial charge in [0.05, 0.1) is 321 Å². The summed E-state index contributed by atoms with van der Waals surface area (Å²) in [6.07, 6.45) is 15.4. The molecule has 2 heterocycles. The molecule has 0 spiro atoms. The standard InChI is InChI=1S/C86H146N6O30S4/c1-85(2)78-74-76(123)17-19-80(78)91(24-10-12-72-125(94,95)96)82(85)14-6-4-7-15-83-86(3,79-75-77(124)18-20-81(79)92(83)25-11-13-73-126(97,98)99)21-9-5-8-16-84(93)88-22-26-100-28-30-102-32-34-104-36-38-106-40-42-108-44-46-110-48-50-112-52-54-114-56-58-116-60-62-118-64-66-120-68-70-122-71-69-121-67-65-119-63-61-117-59-57-115-55-53-113-51-49-111-47-45-109-43-41-107-39-37-105-35-33-103-31-29-101-27-23-89-90-87/h4,6-7,14-15,17-20,74-75H,5,8-13,16,21-73H2,1-3H3,(H4-,88,93,94,95,96,97,98,99,123,124)/p+1. The van der Waals surface area contributed by atoms with Crippen molar-refractivity contribution in [1.82, 2.24) is 5.32 Å². The van der Waals surface area contributed by atoms with E-state index in [2.05, 4.69) is 88.6 Å². The topological polar surface area (TPSA) is 405 Å². The van der Waals surface area contributed by atoms with Crippen LogP contribution in [0.5, 0.6) is 0 Å². The fourth-order valence-electron chi connectivity index (χ4n) is 12.8. The summed E-state index contributed by atoms with van der Waals surface area (Å²) in [5, 5.41) is 6.34. The Morgan fingerprint density at radius 2 is 0.762 bits per heavy atom. The van der Waals surface area contributed by atoms with Gasteiger partial charge in [-0.15, -0.1) is 25.3 Å². The molecule has 2 aromatic carbocycles. The molecule has 36 nitrogen and oxygen atoms in total. The fourth-order valence-corrected chi connectivity index (χ4v) is 14.3. The summed E-state index contributed by atoms with van der Waals surface area (Å²) >= 11 is 9.37. The Bertz CT molecular complexity index is 3500. The second-order valence-electron chi connectivity index (χ2n) is 29.3. The Morgan fingerprint density at radius 1 is 0.429 bits per heavy atom. The van der Waals surface area contributed by atoms with Crippen LogP contribution in [0, 0.1) is 0 Å². The minimum Gasteiger partial charge on any atom is -0.379 e. The van der Waals surface area contributed by atoms with Crippen molar-refractivity contribution in [2.75, 3.05) is 347 Å². The molecule has 126 heavy (non-hydrogen) atoms. The van der Waals surface area contributed by atoms with Gasteiger partial charge in [-0.25, -0.2) is 0 Å². The molecule has 4 rings (SSSR count). The van der Waals surface area contributed by atoms with Crippen LogP contribution >= 0.6 is 25.3 Å². The molecule has 2 aliphatic heterocycles. The molecule has 0 bridgehead atoms. The maximum absolute atomic E-state index is 12.9. The number of anilines is 1. The predicted octanol–water partition coefficient (Wildman–Crippen LogP) is 8.51. The van der Waals surface area contributed by atoms with Gasteiger partial charge in [0.1, 0.15) is 6.54 Å². The largest absolute Gasteiger partial charge is 0.379 e. The van der Waals surface area contributed by atoms with Gasteiger partial charge in [0.2, 0.25) is 11.6 Å². The van der Waals surface area contributed by atoms with E-state index >= 15 is 0 Å². The molecule has 2 aromatic rings. The number of ether oxygens (including phenoxy) is 23. The molecule has 1 atom stereocenters. The molecule has 3 N–H and O–H groups in total. The third-order valence-electron chi connectivity index (χ3n) is 19.1. The molecular weight excluding hydrogens is 1730 g/mol. The van der Waals surface area contributed by atoms with E-state index in [1.165, 1.54) is 0 Å². The van der Waals surface area contributed by atoms with E-state index in [-0.39, 0.29) is 22.8 Å².